The molecule has 0 aliphatic rings. The van der Waals surface area contributed by atoms with Gasteiger partial charge in [-0.05, 0) is 29.0 Å². The van der Waals surface area contributed by atoms with Crippen molar-refractivity contribution in [1.29, 1.82) is 0 Å². The molecule has 0 saturated heterocycles. The fourth-order valence-corrected chi connectivity index (χ4v) is 1.71. The SMILES string of the molecule is CCCCNC(=O)/C=C\c1ccc(C(C)(C)C)cc1. The maximum atomic E-state index is 11.5. The molecule has 0 atom stereocenters. The standard InChI is InChI=1S/C17H25NO/c1-5-6-13-18-16(19)12-9-14-7-10-15(11-8-14)17(2,3)4/h7-12H,5-6,13H2,1-4H3,(H,18,19)/b12-9-. The summed E-state index contributed by atoms with van der Waals surface area (Å²) in [6.45, 7) is 9.44. The van der Waals surface area contributed by atoms with Gasteiger partial charge >= 0.3 is 0 Å². The predicted molar refractivity (Wildman–Crippen MR) is 82.1 cm³/mol. The highest BCUT2D eigenvalue weighted by molar-refractivity contribution is 5.91. The summed E-state index contributed by atoms with van der Waals surface area (Å²) in [4.78, 5) is 11.5. The molecule has 1 aromatic rings. The molecule has 2 nitrogen and oxygen atoms in total. The Morgan fingerprint density at radius 2 is 1.84 bits per heavy atom. The first kappa shape index (κ1) is 15.5. The summed E-state index contributed by atoms with van der Waals surface area (Å²) in [6.07, 6.45) is 5.58. The van der Waals surface area contributed by atoms with E-state index >= 15 is 0 Å². The van der Waals surface area contributed by atoms with Crippen molar-refractivity contribution in [3.05, 3.63) is 41.5 Å². The Hall–Kier alpha value is -1.57. The first-order valence-electron chi connectivity index (χ1n) is 7.00. The summed E-state index contributed by atoms with van der Waals surface area (Å²) in [5.41, 5.74) is 2.52. The largest absolute Gasteiger partial charge is 0.353 e. The van der Waals surface area contributed by atoms with E-state index in [9.17, 15) is 4.79 Å². The van der Waals surface area contributed by atoms with Crippen molar-refractivity contribution >= 4 is 12.0 Å². The molecule has 0 heterocycles. The van der Waals surface area contributed by atoms with Gasteiger partial charge in [-0.2, -0.15) is 0 Å². The van der Waals surface area contributed by atoms with E-state index < -0.39 is 0 Å². The molecule has 1 rings (SSSR count). The first-order valence-corrected chi connectivity index (χ1v) is 7.00. The van der Waals surface area contributed by atoms with Gasteiger partial charge in [-0.3, -0.25) is 4.79 Å². The molecule has 0 saturated carbocycles. The van der Waals surface area contributed by atoms with Crippen LogP contribution in [-0.2, 0) is 10.2 Å². The van der Waals surface area contributed by atoms with Gasteiger partial charge in [0.1, 0.15) is 0 Å². The number of nitrogens with one attached hydrogen (secondary N) is 1. The predicted octanol–water partition coefficient (Wildman–Crippen LogP) is 3.91. The van der Waals surface area contributed by atoms with Crippen LogP contribution in [0.2, 0.25) is 0 Å². The average Bonchev–Trinajstić information content (AvgIpc) is 2.36. The van der Waals surface area contributed by atoms with Crippen molar-refractivity contribution in [3.63, 3.8) is 0 Å². The van der Waals surface area contributed by atoms with Gasteiger partial charge in [0.25, 0.3) is 0 Å². The van der Waals surface area contributed by atoms with Crippen molar-refractivity contribution in [2.45, 2.75) is 46.0 Å². The Kier molecular flexibility index (Phi) is 5.81. The molecule has 0 aliphatic heterocycles. The van der Waals surface area contributed by atoms with Crippen LogP contribution in [0, 0.1) is 0 Å². The molecule has 19 heavy (non-hydrogen) atoms. The van der Waals surface area contributed by atoms with E-state index in [1.54, 1.807) is 6.08 Å². The highest BCUT2D eigenvalue weighted by Crippen LogP contribution is 2.22. The van der Waals surface area contributed by atoms with Crippen LogP contribution in [0.15, 0.2) is 30.3 Å². The summed E-state index contributed by atoms with van der Waals surface area (Å²) in [7, 11) is 0. The van der Waals surface area contributed by atoms with Gasteiger partial charge in [-0.15, -0.1) is 0 Å². The minimum Gasteiger partial charge on any atom is -0.353 e. The maximum absolute atomic E-state index is 11.5. The van der Waals surface area contributed by atoms with E-state index in [1.807, 2.05) is 6.08 Å². The molecule has 0 bridgehead atoms. The van der Waals surface area contributed by atoms with Crippen LogP contribution in [0.3, 0.4) is 0 Å². The third-order valence-corrected chi connectivity index (χ3v) is 3.03. The van der Waals surface area contributed by atoms with E-state index in [0.717, 1.165) is 24.9 Å². The van der Waals surface area contributed by atoms with Gasteiger partial charge in [-0.1, -0.05) is 58.4 Å². The Morgan fingerprint density at radius 1 is 1.21 bits per heavy atom. The lowest BCUT2D eigenvalue weighted by molar-refractivity contribution is -0.116. The van der Waals surface area contributed by atoms with Crippen LogP contribution in [-0.4, -0.2) is 12.5 Å². The molecule has 1 N–H and O–H groups in total. The van der Waals surface area contributed by atoms with E-state index in [2.05, 4.69) is 57.3 Å². The fraction of sp³-hybridized carbons (Fsp3) is 0.471. The zero-order chi connectivity index (χ0) is 14.3. The van der Waals surface area contributed by atoms with Crippen LogP contribution in [0.5, 0.6) is 0 Å². The smallest absolute Gasteiger partial charge is 0.243 e. The molecule has 0 unspecified atom stereocenters. The zero-order valence-electron chi connectivity index (χ0n) is 12.5. The van der Waals surface area contributed by atoms with Crippen LogP contribution in [0.25, 0.3) is 6.08 Å². The molecule has 2 heteroatoms. The highest BCUT2D eigenvalue weighted by Gasteiger charge is 2.12. The van der Waals surface area contributed by atoms with Crippen molar-refractivity contribution in [3.8, 4) is 0 Å². The monoisotopic (exact) mass is 259 g/mol. The third kappa shape index (κ3) is 5.73. The fourth-order valence-electron chi connectivity index (χ4n) is 1.71. The second kappa shape index (κ2) is 7.13. The quantitative estimate of drug-likeness (QED) is 0.630. The molecular weight excluding hydrogens is 234 g/mol. The molecule has 104 valence electrons. The van der Waals surface area contributed by atoms with Crippen LogP contribution < -0.4 is 5.32 Å². The minimum absolute atomic E-state index is 0.0200. The normalized spacial score (nSPS) is 11.8. The number of hydrogen-bond acceptors (Lipinski definition) is 1. The van der Waals surface area contributed by atoms with Crippen molar-refractivity contribution in [2.24, 2.45) is 0 Å². The second-order valence-corrected chi connectivity index (χ2v) is 5.85. The summed E-state index contributed by atoms with van der Waals surface area (Å²) in [6, 6.07) is 8.34. The summed E-state index contributed by atoms with van der Waals surface area (Å²) in [5.74, 6) is -0.0200. The lowest BCUT2D eigenvalue weighted by Crippen LogP contribution is -2.21. The second-order valence-electron chi connectivity index (χ2n) is 5.85. The Balaban J connectivity index is 2.55. The van der Waals surface area contributed by atoms with E-state index in [0.29, 0.717) is 0 Å². The lowest BCUT2D eigenvalue weighted by atomic mass is 9.87. The number of amides is 1. The summed E-state index contributed by atoms with van der Waals surface area (Å²) < 4.78 is 0. The van der Waals surface area contributed by atoms with Crippen LogP contribution in [0.4, 0.5) is 0 Å². The van der Waals surface area contributed by atoms with Gasteiger partial charge in [0, 0.05) is 12.6 Å². The Bertz CT molecular complexity index is 424. The topological polar surface area (TPSA) is 29.1 Å². The lowest BCUT2D eigenvalue weighted by Gasteiger charge is -2.18. The summed E-state index contributed by atoms with van der Waals surface area (Å²) >= 11 is 0. The number of unbranched alkanes of at least 4 members (excludes halogenated alkanes) is 1. The minimum atomic E-state index is -0.0200. The van der Waals surface area contributed by atoms with Crippen molar-refractivity contribution < 1.29 is 4.79 Å². The van der Waals surface area contributed by atoms with E-state index in [1.165, 1.54) is 5.56 Å². The Morgan fingerprint density at radius 3 is 2.37 bits per heavy atom. The van der Waals surface area contributed by atoms with Crippen LogP contribution >= 0.6 is 0 Å². The third-order valence-electron chi connectivity index (χ3n) is 3.03. The van der Waals surface area contributed by atoms with Crippen molar-refractivity contribution in [2.75, 3.05) is 6.54 Å². The van der Waals surface area contributed by atoms with Gasteiger partial charge in [0.2, 0.25) is 5.91 Å². The highest BCUT2D eigenvalue weighted by atomic mass is 16.1. The summed E-state index contributed by atoms with van der Waals surface area (Å²) in [5, 5.41) is 2.86. The van der Waals surface area contributed by atoms with Crippen molar-refractivity contribution in [1.82, 2.24) is 5.32 Å². The molecule has 0 aliphatic carbocycles. The molecule has 1 amide bonds. The molecule has 1 aromatic carbocycles. The van der Waals surface area contributed by atoms with E-state index in [4.69, 9.17) is 0 Å². The number of rotatable bonds is 5. The van der Waals surface area contributed by atoms with E-state index in [-0.39, 0.29) is 11.3 Å². The zero-order valence-corrected chi connectivity index (χ0v) is 12.5. The molecular formula is C17H25NO. The van der Waals surface area contributed by atoms with Gasteiger partial charge in [0.15, 0.2) is 0 Å². The number of carbonyl (C=O) groups excluding carboxylic acids is 1. The first-order chi connectivity index (χ1) is 8.93. The molecule has 0 radical (unpaired) electrons. The Labute approximate surface area is 116 Å². The maximum Gasteiger partial charge on any atom is 0.243 e. The van der Waals surface area contributed by atoms with Gasteiger partial charge in [0.05, 0.1) is 0 Å². The number of carbonyl (C=O) groups is 1. The van der Waals surface area contributed by atoms with Gasteiger partial charge < -0.3 is 5.32 Å². The molecule has 0 fully saturated rings. The van der Waals surface area contributed by atoms with Crippen LogP contribution in [0.1, 0.15) is 51.7 Å². The molecule has 0 aromatic heterocycles. The number of hydrogen-bond donors (Lipinski definition) is 1. The average molecular weight is 259 g/mol. The number of benzene rings is 1. The molecule has 0 spiro atoms. The van der Waals surface area contributed by atoms with Gasteiger partial charge in [-0.25, -0.2) is 0 Å².